The number of nitrogens with zero attached hydrogens (tertiary/aromatic N) is 2. The standard InChI is InChI=1S/C17H31N3S/c1-7-17(8-2)12-20(10-15-19-13(3)11-21-15)14(9-18-17)16(4,5)6/h11,14,18H,7-10,12H2,1-6H3. The fraction of sp³-hybridized carbons (Fsp3) is 0.824. The number of piperazine rings is 1. The molecular weight excluding hydrogens is 278 g/mol. The van der Waals surface area contributed by atoms with Crippen molar-refractivity contribution in [3.05, 3.63) is 16.1 Å². The molecule has 1 N–H and O–H groups in total. The normalized spacial score (nSPS) is 23.4. The molecule has 2 rings (SSSR count). The maximum Gasteiger partial charge on any atom is 0.107 e. The largest absolute Gasteiger partial charge is 0.308 e. The quantitative estimate of drug-likeness (QED) is 0.916. The lowest BCUT2D eigenvalue weighted by molar-refractivity contribution is 0.0130. The fourth-order valence-corrected chi connectivity index (χ4v) is 4.19. The molecule has 4 heteroatoms. The van der Waals surface area contributed by atoms with Crippen molar-refractivity contribution in [2.45, 2.75) is 72.5 Å². The van der Waals surface area contributed by atoms with Crippen molar-refractivity contribution in [1.29, 1.82) is 0 Å². The van der Waals surface area contributed by atoms with Crippen LogP contribution >= 0.6 is 11.3 Å². The van der Waals surface area contributed by atoms with Gasteiger partial charge in [-0.05, 0) is 25.2 Å². The van der Waals surface area contributed by atoms with Gasteiger partial charge < -0.3 is 5.32 Å². The number of hydrogen-bond acceptors (Lipinski definition) is 4. The van der Waals surface area contributed by atoms with Gasteiger partial charge in [-0.3, -0.25) is 4.90 Å². The maximum absolute atomic E-state index is 4.68. The van der Waals surface area contributed by atoms with Crippen LogP contribution in [-0.2, 0) is 6.54 Å². The predicted molar refractivity (Wildman–Crippen MR) is 91.8 cm³/mol. The Morgan fingerprint density at radius 3 is 2.52 bits per heavy atom. The molecule has 1 atom stereocenters. The molecule has 0 amide bonds. The van der Waals surface area contributed by atoms with Gasteiger partial charge in [-0.2, -0.15) is 0 Å². The highest BCUT2D eigenvalue weighted by atomic mass is 32.1. The molecule has 1 aliphatic rings. The number of thiazole rings is 1. The lowest BCUT2D eigenvalue weighted by Crippen LogP contribution is -2.66. The van der Waals surface area contributed by atoms with E-state index in [9.17, 15) is 0 Å². The van der Waals surface area contributed by atoms with Crippen LogP contribution < -0.4 is 5.32 Å². The smallest absolute Gasteiger partial charge is 0.107 e. The third-order valence-electron chi connectivity index (χ3n) is 4.98. The van der Waals surface area contributed by atoms with Crippen molar-refractivity contribution in [2.24, 2.45) is 5.41 Å². The minimum Gasteiger partial charge on any atom is -0.308 e. The second-order valence-corrected chi connectivity index (χ2v) is 8.48. The van der Waals surface area contributed by atoms with E-state index in [2.05, 4.69) is 62.1 Å². The lowest BCUT2D eigenvalue weighted by atomic mass is 9.80. The molecule has 1 aromatic rings. The van der Waals surface area contributed by atoms with Crippen LogP contribution in [0.5, 0.6) is 0 Å². The van der Waals surface area contributed by atoms with Crippen LogP contribution in [0.25, 0.3) is 0 Å². The van der Waals surface area contributed by atoms with Crippen molar-refractivity contribution < 1.29 is 0 Å². The first-order valence-corrected chi connectivity index (χ1v) is 9.07. The second kappa shape index (κ2) is 6.35. The lowest BCUT2D eigenvalue weighted by Gasteiger charge is -2.51. The first-order chi connectivity index (χ1) is 9.79. The molecular formula is C17H31N3S. The number of aromatic nitrogens is 1. The Bertz CT molecular complexity index is 457. The highest BCUT2D eigenvalue weighted by Crippen LogP contribution is 2.32. The molecule has 1 saturated heterocycles. The second-order valence-electron chi connectivity index (χ2n) is 7.54. The minimum atomic E-state index is 0.272. The van der Waals surface area contributed by atoms with Crippen molar-refractivity contribution >= 4 is 11.3 Å². The molecule has 1 unspecified atom stereocenters. The summed E-state index contributed by atoms with van der Waals surface area (Å²) in [5, 5.41) is 7.27. The number of hydrogen-bond donors (Lipinski definition) is 1. The summed E-state index contributed by atoms with van der Waals surface area (Å²) in [4.78, 5) is 7.35. The van der Waals surface area contributed by atoms with Gasteiger partial charge in [0, 0.05) is 35.7 Å². The van der Waals surface area contributed by atoms with Gasteiger partial charge >= 0.3 is 0 Å². The van der Waals surface area contributed by atoms with Crippen LogP contribution in [0.4, 0.5) is 0 Å². The summed E-state index contributed by atoms with van der Waals surface area (Å²) in [6.07, 6.45) is 2.38. The Kier molecular flexibility index (Phi) is 5.11. The average Bonchev–Trinajstić information content (AvgIpc) is 2.82. The van der Waals surface area contributed by atoms with Gasteiger partial charge in [0.2, 0.25) is 0 Å². The van der Waals surface area contributed by atoms with Gasteiger partial charge in [0.05, 0.1) is 6.54 Å². The van der Waals surface area contributed by atoms with Crippen molar-refractivity contribution in [2.75, 3.05) is 13.1 Å². The highest BCUT2D eigenvalue weighted by molar-refractivity contribution is 7.09. The highest BCUT2D eigenvalue weighted by Gasteiger charge is 2.41. The molecule has 0 spiro atoms. The zero-order valence-corrected chi connectivity index (χ0v) is 15.3. The van der Waals surface area contributed by atoms with E-state index in [1.807, 2.05) is 0 Å². The zero-order chi connectivity index (χ0) is 15.7. The van der Waals surface area contributed by atoms with Gasteiger partial charge in [0.25, 0.3) is 0 Å². The first kappa shape index (κ1) is 16.9. The predicted octanol–water partition coefficient (Wildman–Crippen LogP) is 3.83. The number of aryl methyl sites for hydroxylation is 1. The molecule has 3 nitrogen and oxygen atoms in total. The Morgan fingerprint density at radius 1 is 1.38 bits per heavy atom. The van der Waals surface area contributed by atoms with Crippen LogP contribution in [-0.4, -0.2) is 34.6 Å². The Labute approximate surface area is 134 Å². The molecule has 120 valence electrons. The number of nitrogens with one attached hydrogen (secondary N) is 1. The Morgan fingerprint density at radius 2 is 2.05 bits per heavy atom. The van der Waals surface area contributed by atoms with E-state index >= 15 is 0 Å². The van der Waals surface area contributed by atoms with E-state index in [-0.39, 0.29) is 11.0 Å². The van der Waals surface area contributed by atoms with Gasteiger partial charge in [0.1, 0.15) is 5.01 Å². The monoisotopic (exact) mass is 309 g/mol. The maximum atomic E-state index is 4.68. The molecule has 0 aromatic carbocycles. The molecule has 0 saturated carbocycles. The summed E-state index contributed by atoms with van der Waals surface area (Å²) >= 11 is 1.80. The first-order valence-electron chi connectivity index (χ1n) is 8.20. The Balaban J connectivity index is 2.20. The molecule has 1 aromatic heterocycles. The molecule has 1 fully saturated rings. The topological polar surface area (TPSA) is 28.2 Å². The van der Waals surface area contributed by atoms with Crippen molar-refractivity contribution in [3.63, 3.8) is 0 Å². The van der Waals surface area contributed by atoms with E-state index < -0.39 is 0 Å². The van der Waals surface area contributed by atoms with Crippen molar-refractivity contribution in [3.8, 4) is 0 Å². The summed E-state index contributed by atoms with van der Waals surface area (Å²) in [6.45, 7) is 16.9. The van der Waals surface area contributed by atoms with Crippen LogP contribution in [0.3, 0.4) is 0 Å². The third kappa shape index (κ3) is 3.85. The Hall–Kier alpha value is -0.450. The van der Waals surface area contributed by atoms with Gasteiger partial charge in [-0.1, -0.05) is 34.6 Å². The van der Waals surface area contributed by atoms with Crippen LogP contribution in [0, 0.1) is 12.3 Å². The molecule has 0 radical (unpaired) electrons. The molecule has 0 bridgehead atoms. The SMILES string of the molecule is CCC1(CC)CN(Cc2nc(C)cs2)C(C(C)(C)C)CN1. The van der Waals surface area contributed by atoms with Crippen LogP contribution in [0.1, 0.15) is 58.2 Å². The van der Waals surface area contributed by atoms with E-state index in [0.29, 0.717) is 6.04 Å². The van der Waals surface area contributed by atoms with E-state index in [4.69, 9.17) is 0 Å². The van der Waals surface area contributed by atoms with E-state index in [1.165, 1.54) is 17.8 Å². The molecule has 0 aliphatic carbocycles. The summed E-state index contributed by atoms with van der Waals surface area (Å²) < 4.78 is 0. The summed E-state index contributed by atoms with van der Waals surface area (Å²) in [7, 11) is 0. The minimum absolute atomic E-state index is 0.272. The molecule has 1 aliphatic heterocycles. The zero-order valence-electron chi connectivity index (χ0n) is 14.5. The van der Waals surface area contributed by atoms with Crippen molar-refractivity contribution in [1.82, 2.24) is 15.2 Å². The van der Waals surface area contributed by atoms with E-state index in [1.54, 1.807) is 11.3 Å². The molecule has 21 heavy (non-hydrogen) atoms. The molecule has 2 heterocycles. The van der Waals surface area contributed by atoms with Gasteiger partial charge in [-0.15, -0.1) is 11.3 Å². The van der Waals surface area contributed by atoms with Gasteiger partial charge in [-0.25, -0.2) is 4.98 Å². The van der Waals surface area contributed by atoms with E-state index in [0.717, 1.165) is 25.3 Å². The average molecular weight is 310 g/mol. The van der Waals surface area contributed by atoms with Crippen LogP contribution in [0.15, 0.2) is 5.38 Å². The summed E-state index contributed by atoms with van der Waals surface area (Å²) in [5.74, 6) is 0. The third-order valence-corrected chi connectivity index (χ3v) is 5.93. The summed E-state index contributed by atoms with van der Waals surface area (Å²) in [6, 6.07) is 0.563. The fourth-order valence-electron chi connectivity index (χ4n) is 3.39. The summed E-state index contributed by atoms with van der Waals surface area (Å²) in [5.41, 5.74) is 1.70. The van der Waals surface area contributed by atoms with Gasteiger partial charge in [0.15, 0.2) is 0 Å². The number of rotatable bonds is 4. The van der Waals surface area contributed by atoms with Crippen LogP contribution in [0.2, 0.25) is 0 Å².